The molecule has 0 aliphatic carbocycles. The van der Waals surface area contributed by atoms with Crippen LogP contribution in [0.5, 0.6) is 0 Å². The standard InChI is InChI=1S/C18H17FN2/c1-2-16-18(17(11-20)21-16)13-9-7-12(8-10-13)14-5-3-4-6-15(14)19/h3-10,16-18,21H,2H2,1H3/t16-,17+,18-/m1/s1. The molecule has 3 heteroatoms. The van der Waals surface area contributed by atoms with Crippen LogP contribution in [0.3, 0.4) is 0 Å². The van der Waals surface area contributed by atoms with Crippen LogP contribution in [-0.2, 0) is 0 Å². The van der Waals surface area contributed by atoms with Gasteiger partial charge in [0.2, 0.25) is 0 Å². The van der Waals surface area contributed by atoms with E-state index in [0.29, 0.717) is 11.6 Å². The van der Waals surface area contributed by atoms with Gasteiger partial charge >= 0.3 is 0 Å². The summed E-state index contributed by atoms with van der Waals surface area (Å²) >= 11 is 0. The molecule has 1 aliphatic heterocycles. The van der Waals surface area contributed by atoms with E-state index in [1.807, 2.05) is 30.3 Å². The number of nitrogens with zero attached hydrogens (tertiary/aromatic N) is 1. The van der Waals surface area contributed by atoms with E-state index in [4.69, 9.17) is 5.26 Å². The Morgan fingerprint density at radius 3 is 2.48 bits per heavy atom. The molecule has 0 saturated carbocycles. The van der Waals surface area contributed by atoms with E-state index in [9.17, 15) is 4.39 Å². The van der Waals surface area contributed by atoms with E-state index in [-0.39, 0.29) is 17.8 Å². The first-order valence-corrected chi connectivity index (χ1v) is 7.25. The second-order valence-electron chi connectivity index (χ2n) is 5.42. The van der Waals surface area contributed by atoms with Gasteiger partial charge in [-0.1, -0.05) is 49.4 Å². The van der Waals surface area contributed by atoms with Gasteiger partial charge in [0.15, 0.2) is 0 Å². The molecular formula is C18H17FN2. The summed E-state index contributed by atoms with van der Waals surface area (Å²) in [6.45, 7) is 2.12. The van der Waals surface area contributed by atoms with E-state index < -0.39 is 0 Å². The molecule has 1 aliphatic rings. The van der Waals surface area contributed by atoms with E-state index in [2.05, 4.69) is 18.3 Å². The fourth-order valence-electron chi connectivity index (χ4n) is 3.05. The lowest BCUT2D eigenvalue weighted by molar-refractivity contribution is 0.250. The molecule has 2 nitrogen and oxygen atoms in total. The summed E-state index contributed by atoms with van der Waals surface area (Å²) in [7, 11) is 0. The fourth-order valence-corrected chi connectivity index (χ4v) is 3.05. The van der Waals surface area contributed by atoms with E-state index in [1.54, 1.807) is 12.1 Å². The summed E-state index contributed by atoms with van der Waals surface area (Å²) in [5.74, 6) is 0.0200. The van der Waals surface area contributed by atoms with Crippen LogP contribution in [0.25, 0.3) is 11.1 Å². The summed E-state index contributed by atoms with van der Waals surface area (Å²) in [6.07, 6.45) is 0.998. The molecule has 1 heterocycles. The topological polar surface area (TPSA) is 35.8 Å². The van der Waals surface area contributed by atoms with Gasteiger partial charge in [0.1, 0.15) is 11.9 Å². The molecular weight excluding hydrogens is 263 g/mol. The average molecular weight is 280 g/mol. The summed E-state index contributed by atoms with van der Waals surface area (Å²) < 4.78 is 13.8. The van der Waals surface area contributed by atoms with Crippen LogP contribution < -0.4 is 5.32 Å². The third-order valence-electron chi connectivity index (χ3n) is 4.25. The first kappa shape index (κ1) is 13.8. The number of nitriles is 1. The quantitative estimate of drug-likeness (QED) is 0.927. The molecule has 0 spiro atoms. The molecule has 0 unspecified atom stereocenters. The molecule has 2 aromatic carbocycles. The maximum Gasteiger partial charge on any atom is 0.131 e. The summed E-state index contributed by atoms with van der Waals surface area (Å²) in [4.78, 5) is 0. The Kier molecular flexibility index (Phi) is 3.72. The van der Waals surface area contributed by atoms with Crippen molar-refractivity contribution in [3.05, 3.63) is 59.9 Å². The number of rotatable bonds is 3. The molecule has 0 radical (unpaired) electrons. The Balaban J connectivity index is 1.88. The average Bonchev–Trinajstić information content (AvgIpc) is 2.49. The lowest BCUT2D eigenvalue weighted by Gasteiger charge is -2.42. The highest BCUT2D eigenvalue weighted by atomic mass is 19.1. The minimum atomic E-state index is -0.211. The normalized spacial score (nSPS) is 24.1. The molecule has 0 bridgehead atoms. The summed E-state index contributed by atoms with van der Waals surface area (Å²) in [5, 5.41) is 12.4. The number of nitrogens with one attached hydrogen (secondary N) is 1. The third kappa shape index (κ3) is 2.43. The molecule has 21 heavy (non-hydrogen) atoms. The molecule has 1 fully saturated rings. The smallest absolute Gasteiger partial charge is 0.131 e. The van der Waals surface area contributed by atoms with E-state index >= 15 is 0 Å². The van der Waals surface area contributed by atoms with Crippen molar-refractivity contribution < 1.29 is 4.39 Å². The van der Waals surface area contributed by atoms with Gasteiger partial charge in [-0.25, -0.2) is 4.39 Å². The number of benzene rings is 2. The molecule has 3 rings (SSSR count). The Bertz CT molecular complexity index is 672. The predicted octanol–water partition coefficient (Wildman–Crippen LogP) is 3.85. The highest BCUT2D eigenvalue weighted by Crippen LogP contribution is 2.34. The summed E-state index contributed by atoms with van der Waals surface area (Å²) in [6, 6.07) is 17.2. The Morgan fingerprint density at radius 1 is 1.14 bits per heavy atom. The van der Waals surface area contributed by atoms with Crippen LogP contribution in [-0.4, -0.2) is 12.1 Å². The van der Waals surface area contributed by atoms with Crippen LogP contribution in [0.15, 0.2) is 48.5 Å². The Hall–Kier alpha value is -2.18. The lowest BCUT2D eigenvalue weighted by Crippen LogP contribution is -2.58. The largest absolute Gasteiger partial charge is 0.298 e. The summed E-state index contributed by atoms with van der Waals surface area (Å²) in [5.41, 5.74) is 2.62. The van der Waals surface area contributed by atoms with Crippen LogP contribution in [0, 0.1) is 17.1 Å². The van der Waals surface area contributed by atoms with Gasteiger partial charge in [-0.3, -0.25) is 5.32 Å². The van der Waals surface area contributed by atoms with E-state index in [0.717, 1.165) is 17.5 Å². The fraction of sp³-hybridized carbons (Fsp3) is 0.278. The SMILES string of the molecule is CC[C@H]1N[C@@H](C#N)[C@@H]1c1ccc(-c2ccccc2F)cc1. The number of hydrogen-bond donors (Lipinski definition) is 1. The molecule has 0 amide bonds. The van der Waals surface area contributed by atoms with Crippen molar-refractivity contribution in [3.8, 4) is 17.2 Å². The zero-order valence-electron chi connectivity index (χ0n) is 11.9. The van der Waals surface area contributed by atoms with Gasteiger partial charge < -0.3 is 0 Å². The van der Waals surface area contributed by atoms with Crippen LogP contribution in [0.4, 0.5) is 4.39 Å². The first-order chi connectivity index (χ1) is 10.2. The molecule has 2 aromatic rings. The zero-order valence-corrected chi connectivity index (χ0v) is 11.9. The molecule has 106 valence electrons. The molecule has 3 atom stereocenters. The van der Waals surface area contributed by atoms with Gasteiger partial charge in [0.05, 0.1) is 6.07 Å². The first-order valence-electron chi connectivity index (χ1n) is 7.25. The van der Waals surface area contributed by atoms with Gasteiger partial charge in [0, 0.05) is 17.5 Å². The van der Waals surface area contributed by atoms with Gasteiger partial charge in [0.25, 0.3) is 0 Å². The minimum absolute atomic E-state index is 0.116. The van der Waals surface area contributed by atoms with Crippen LogP contribution >= 0.6 is 0 Å². The van der Waals surface area contributed by atoms with Crippen molar-refractivity contribution >= 4 is 0 Å². The van der Waals surface area contributed by atoms with Crippen molar-refractivity contribution in [1.29, 1.82) is 5.26 Å². The van der Waals surface area contributed by atoms with Crippen molar-refractivity contribution in [2.75, 3.05) is 0 Å². The van der Waals surface area contributed by atoms with Crippen LogP contribution in [0.2, 0.25) is 0 Å². The minimum Gasteiger partial charge on any atom is -0.298 e. The number of hydrogen-bond acceptors (Lipinski definition) is 2. The van der Waals surface area contributed by atoms with Gasteiger partial charge in [-0.2, -0.15) is 5.26 Å². The highest BCUT2D eigenvalue weighted by Gasteiger charge is 2.40. The van der Waals surface area contributed by atoms with E-state index in [1.165, 1.54) is 6.07 Å². The molecule has 1 saturated heterocycles. The Labute approximate surface area is 124 Å². The van der Waals surface area contributed by atoms with Crippen molar-refractivity contribution in [2.45, 2.75) is 31.3 Å². The second-order valence-corrected chi connectivity index (χ2v) is 5.42. The monoisotopic (exact) mass is 280 g/mol. The molecule has 1 N–H and O–H groups in total. The highest BCUT2D eigenvalue weighted by molar-refractivity contribution is 5.64. The predicted molar refractivity (Wildman–Crippen MR) is 81.2 cm³/mol. The van der Waals surface area contributed by atoms with Gasteiger partial charge in [-0.05, 0) is 23.6 Å². The van der Waals surface area contributed by atoms with Crippen molar-refractivity contribution in [2.24, 2.45) is 0 Å². The second kappa shape index (κ2) is 5.67. The Morgan fingerprint density at radius 2 is 1.86 bits per heavy atom. The van der Waals surface area contributed by atoms with Crippen molar-refractivity contribution in [3.63, 3.8) is 0 Å². The van der Waals surface area contributed by atoms with Crippen LogP contribution in [0.1, 0.15) is 24.8 Å². The van der Waals surface area contributed by atoms with Gasteiger partial charge in [-0.15, -0.1) is 0 Å². The zero-order chi connectivity index (χ0) is 14.8. The third-order valence-corrected chi connectivity index (χ3v) is 4.25. The number of halogens is 1. The molecule has 0 aromatic heterocycles. The lowest BCUT2D eigenvalue weighted by atomic mass is 9.76. The maximum absolute atomic E-state index is 13.8. The maximum atomic E-state index is 13.8. The van der Waals surface area contributed by atoms with Crippen molar-refractivity contribution in [1.82, 2.24) is 5.32 Å².